The third-order valence-corrected chi connectivity index (χ3v) is 4.28. The number of fused-ring (bicyclic) bond motifs is 1. The summed E-state index contributed by atoms with van der Waals surface area (Å²) in [5, 5.41) is 0. The van der Waals surface area contributed by atoms with E-state index in [0.717, 1.165) is 32.6 Å². The predicted molar refractivity (Wildman–Crippen MR) is 75.8 cm³/mol. The summed E-state index contributed by atoms with van der Waals surface area (Å²) >= 11 is 3.42. The van der Waals surface area contributed by atoms with Crippen molar-refractivity contribution in [3.63, 3.8) is 0 Å². The van der Waals surface area contributed by atoms with Crippen LogP contribution in [0.15, 0.2) is 22.5 Å². The maximum atomic E-state index is 5.74. The standard InChI is InChI=1S/C12H16N2OS2/c1-8(2)15-5-6-16-12-14-10-4-3-9(13)7-11(10)17-12/h3-4,7-8H,5-6,13H2,1-2H3. The molecule has 92 valence electrons. The van der Waals surface area contributed by atoms with Crippen LogP contribution in [0, 0.1) is 0 Å². The molecule has 1 aromatic carbocycles. The number of nitrogen functional groups attached to an aromatic ring is 1. The minimum Gasteiger partial charge on any atom is -0.399 e. The first-order valence-electron chi connectivity index (χ1n) is 5.55. The predicted octanol–water partition coefficient (Wildman–Crippen LogP) is 3.40. The van der Waals surface area contributed by atoms with Gasteiger partial charge < -0.3 is 10.5 Å². The summed E-state index contributed by atoms with van der Waals surface area (Å²) in [5.74, 6) is 0.938. The highest BCUT2D eigenvalue weighted by Gasteiger charge is 2.04. The minimum atomic E-state index is 0.297. The van der Waals surface area contributed by atoms with Crippen LogP contribution in [0.2, 0.25) is 0 Å². The summed E-state index contributed by atoms with van der Waals surface area (Å²) in [4.78, 5) is 4.54. The third-order valence-electron chi connectivity index (χ3n) is 2.15. The third kappa shape index (κ3) is 3.59. The Hall–Kier alpha value is -0.780. The van der Waals surface area contributed by atoms with Crippen molar-refractivity contribution in [2.75, 3.05) is 18.1 Å². The Labute approximate surface area is 109 Å². The first-order chi connectivity index (χ1) is 8.15. The molecule has 0 aliphatic heterocycles. The zero-order valence-corrected chi connectivity index (χ0v) is 11.6. The molecule has 0 saturated carbocycles. The lowest BCUT2D eigenvalue weighted by Gasteiger charge is -2.05. The lowest BCUT2D eigenvalue weighted by molar-refractivity contribution is 0.0920. The average molecular weight is 268 g/mol. The van der Waals surface area contributed by atoms with Crippen molar-refractivity contribution in [3.8, 4) is 0 Å². The molecule has 0 amide bonds. The fourth-order valence-corrected chi connectivity index (χ4v) is 3.41. The van der Waals surface area contributed by atoms with Crippen molar-refractivity contribution in [3.05, 3.63) is 18.2 Å². The summed E-state index contributed by atoms with van der Waals surface area (Å²) in [7, 11) is 0. The number of thioether (sulfide) groups is 1. The van der Waals surface area contributed by atoms with Crippen LogP contribution in [-0.2, 0) is 4.74 Å². The molecule has 0 unspecified atom stereocenters. The summed E-state index contributed by atoms with van der Waals surface area (Å²) in [6.45, 7) is 4.86. The Morgan fingerprint density at radius 3 is 3.06 bits per heavy atom. The molecule has 0 radical (unpaired) electrons. The van der Waals surface area contributed by atoms with E-state index >= 15 is 0 Å². The van der Waals surface area contributed by atoms with E-state index in [1.165, 1.54) is 0 Å². The number of nitrogens with two attached hydrogens (primary N) is 1. The largest absolute Gasteiger partial charge is 0.399 e. The van der Waals surface area contributed by atoms with E-state index in [9.17, 15) is 0 Å². The zero-order chi connectivity index (χ0) is 12.3. The summed E-state index contributed by atoms with van der Waals surface area (Å²) in [6, 6.07) is 5.83. The Balaban J connectivity index is 1.95. The normalized spacial score (nSPS) is 11.5. The van der Waals surface area contributed by atoms with Gasteiger partial charge in [-0.2, -0.15) is 0 Å². The second-order valence-electron chi connectivity index (χ2n) is 3.97. The van der Waals surface area contributed by atoms with Gasteiger partial charge in [-0.05, 0) is 32.0 Å². The number of hydrogen-bond acceptors (Lipinski definition) is 5. The van der Waals surface area contributed by atoms with Gasteiger partial charge in [-0.25, -0.2) is 4.98 Å². The van der Waals surface area contributed by atoms with E-state index in [-0.39, 0.29) is 0 Å². The summed E-state index contributed by atoms with van der Waals surface area (Å²) in [5.41, 5.74) is 7.56. The van der Waals surface area contributed by atoms with E-state index in [4.69, 9.17) is 10.5 Å². The first kappa shape index (κ1) is 12.7. The van der Waals surface area contributed by atoms with Crippen molar-refractivity contribution in [1.82, 2.24) is 4.98 Å². The van der Waals surface area contributed by atoms with Crippen LogP contribution in [0.25, 0.3) is 10.2 Å². The lowest BCUT2D eigenvalue weighted by Crippen LogP contribution is -2.05. The van der Waals surface area contributed by atoms with E-state index in [1.54, 1.807) is 23.1 Å². The molecule has 0 spiro atoms. The topological polar surface area (TPSA) is 48.1 Å². The highest BCUT2D eigenvalue weighted by atomic mass is 32.2. The minimum absolute atomic E-state index is 0.297. The summed E-state index contributed by atoms with van der Waals surface area (Å²) < 4.78 is 7.72. The Kier molecular flexibility index (Phi) is 4.25. The number of hydrogen-bond donors (Lipinski definition) is 1. The SMILES string of the molecule is CC(C)OCCSc1nc2ccc(N)cc2s1. The van der Waals surface area contributed by atoms with Gasteiger partial charge in [-0.3, -0.25) is 0 Å². The second kappa shape index (κ2) is 5.71. The quantitative estimate of drug-likeness (QED) is 0.513. The number of rotatable bonds is 5. The first-order valence-corrected chi connectivity index (χ1v) is 7.36. The number of thiazole rings is 1. The molecular formula is C12H16N2OS2. The number of ether oxygens (including phenoxy) is 1. The molecule has 0 aliphatic rings. The Morgan fingerprint density at radius 1 is 1.47 bits per heavy atom. The lowest BCUT2D eigenvalue weighted by atomic mass is 10.3. The second-order valence-corrected chi connectivity index (χ2v) is 6.35. The molecule has 0 atom stereocenters. The molecule has 17 heavy (non-hydrogen) atoms. The van der Waals surface area contributed by atoms with Gasteiger partial charge in [0.1, 0.15) is 0 Å². The van der Waals surface area contributed by atoms with Crippen molar-refractivity contribution >= 4 is 39.0 Å². The molecular weight excluding hydrogens is 252 g/mol. The molecule has 2 rings (SSSR count). The molecule has 3 nitrogen and oxygen atoms in total. The fraction of sp³-hybridized carbons (Fsp3) is 0.417. The van der Waals surface area contributed by atoms with Crippen molar-refractivity contribution in [2.45, 2.75) is 24.3 Å². The number of nitrogens with zero attached hydrogens (tertiary/aromatic N) is 1. The average Bonchev–Trinajstić information content (AvgIpc) is 2.66. The molecule has 0 bridgehead atoms. The Morgan fingerprint density at radius 2 is 2.29 bits per heavy atom. The molecule has 0 saturated heterocycles. The van der Waals surface area contributed by atoms with E-state index in [0.29, 0.717) is 6.10 Å². The molecule has 2 aromatic rings. The van der Waals surface area contributed by atoms with Crippen LogP contribution < -0.4 is 5.73 Å². The maximum absolute atomic E-state index is 5.74. The molecule has 0 aliphatic carbocycles. The number of anilines is 1. The smallest absolute Gasteiger partial charge is 0.151 e. The van der Waals surface area contributed by atoms with Gasteiger partial charge in [0.15, 0.2) is 4.34 Å². The highest BCUT2D eigenvalue weighted by molar-refractivity contribution is 8.01. The van der Waals surface area contributed by atoms with Crippen LogP contribution in [0.5, 0.6) is 0 Å². The van der Waals surface area contributed by atoms with Crippen molar-refractivity contribution in [1.29, 1.82) is 0 Å². The molecule has 0 fully saturated rings. The van der Waals surface area contributed by atoms with Gasteiger partial charge in [-0.15, -0.1) is 11.3 Å². The van der Waals surface area contributed by atoms with Gasteiger partial charge in [0.25, 0.3) is 0 Å². The molecule has 1 heterocycles. The van der Waals surface area contributed by atoms with Gasteiger partial charge >= 0.3 is 0 Å². The van der Waals surface area contributed by atoms with Crippen LogP contribution in [0.3, 0.4) is 0 Å². The van der Waals surface area contributed by atoms with Gasteiger partial charge in [0, 0.05) is 11.4 Å². The number of benzene rings is 1. The fourth-order valence-electron chi connectivity index (χ4n) is 1.39. The Bertz CT molecular complexity index is 496. The molecule has 5 heteroatoms. The maximum Gasteiger partial charge on any atom is 0.151 e. The highest BCUT2D eigenvalue weighted by Crippen LogP contribution is 2.30. The van der Waals surface area contributed by atoms with Crippen molar-refractivity contribution in [2.24, 2.45) is 0 Å². The van der Waals surface area contributed by atoms with E-state index in [2.05, 4.69) is 4.98 Å². The van der Waals surface area contributed by atoms with E-state index < -0.39 is 0 Å². The van der Waals surface area contributed by atoms with Crippen molar-refractivity contribution < 1.29 is 4.74 Å². The van der Waals surface area contributed by atoms with Crippen LogP contribution in [-0.4, -0.2) is 23.4 Å². The van der Waals surface area contributed by atoms with Crippen LogP contribution in [0.4, 0.5) is 5.69 Å². The van der Waals surface area contributed by atoms with E-state index in [1.807, 2.05) is 32.0 Å². The van der Waals surface area contributed by atoms with Crippen LogP contribution >= 0.6 is 23.1 Å². The molecule has 1 aromatic heterocycles. The van der Waals surface area contributed by atoms with Crippen LogP contribution in [0.1, 0.15) is 13.8 Å². The molecule has 2 N–H and O–H groups in total. The number of aromatic nitrogens is 1. The van der Waals surface area contributed by atoms with Gasteiger partial charge in [0.05, 0.1) is 22.9 Å². The van der Waals surface area contributed by atoms with Gasteiger partial charge in [-0.1, -0.05) is 11.8 Å². The monoisotopic (exact) mass is 268 g/mol. The zero-order valence-electron chi connectivity index (χ0n) is 9.97. The summed E-state index contributed by atoms with van der Waals surface area (Å²) in [6.07, 6.45) is 0.297. The van der Waals surface area contributed by atoms with Gasteiger partial charge in [0.2, 0.25) is 0 Å².